The fraction of sp³-hybridized carbons (Fsp3) is 0.394. The second-order valence-electron chi connectivity index (χ2n) is 12.2. The van der Waals surface area contributed by atoms with Gasteiger partial charge in [-0.2, -0.15) is 5.10 Å². The van der Waals surface area contributed by atoms with E-state index in [4.69, 9.17) is 19.3 Å². The van der Waals surface area contributed by atoms with Crippen LogP contribution in [0.2, 0.25) is 0 Å². The van der Waals surface area contributed by atoms with E-state index in [1.807, 2.05) is 61.5 Å². The molecular formula is C33H41N7O5. The molecule has 2 aromatic carbocycles. The number of urea groups is 1. The van der Waals surface area contributed by atoms with Gasteiger partial charge in [0.05, 0.1) is 36.4 Å². The van der Waals surface area contributed by atoms with Crippen LogP contribution in [-0.4, -0.2) is 89.9 Å². The number of hydrogen-bond donors (Lipinski definition) is 2. The van der Waals surface area contributed by atoms with Crippen molar-refractivity contribution in [1.82, 2.24) is 24.6 Å². The van der Waals surface area contributed by atoms with Gasteiger partial charge in [0.2, 0.25) is 6.29 Å². The van der Waals surface area contributed by atoms with Crippen molar-refractivity contribution in [2.45, 2.75) is 39.4 Å². The summed E-state index contributed by atoms with van der Waals surface area (Å²) in [5.41, 5.74) is 2.91. The third-order valence-corrected chi connectivity index (χ3v) is 7.37. The van der Waals surface area contributed by atoms with E-state index >= 15 is 0 Å². The number of nitrogens with zero attached hydrogens (tertiary/aromatic N) is 5. The number of aryl methyl sites for hydroxylation is 1. The number of hydrogen-bond acceptors (Lipinski definition) is 8. The molecule has 2 N–H and O–H groups in total. The Hall–Kier alpha value is -4.68. The quantitative estimate of drug-likeness (QED) is 0.270. The molecule has 4 aromatic rings. The van der Waals surface area contributed by atoms with Gasteiger partial charge in [-0.15, -0.1) is 0 Å². The summed E-state index contributed by atoms with van der Waals surface area (Å²) in [5, 5.41) is 12.5. The number of fused-ring (bicyclic) bond motifs is 1. The highest BCUT2D eigenvalue weighted by atomic mass is 16.7. The summed E-state index contributed by atoms with van der Waals surface area (Å²) in [6, 6.07) is 16.8. The van der Waals surface area contributed by atoms with Crippen LogP contribution in [0.25, 0.3) is 16.5 Å². The lowest BCUT2D eigenvalue weighted by Gasteiger charge is -2.32. The van der Waals surface area contributed by atoms with E-state index in [-0.39, 0.29) is 5.41 Å². The van der Waals surface area contributed by atoms with E-state index in [1.165, 1.54) is 4.90 Å². The molecule has 12 heteroatoms. The highest BCUT2D eigenvalue weighted by molar-refractivity contribution is 6.07. The fourth-order valence-electron chi connectivity index (χ4n) is 4.84. The maximum Gasteiger partial charge on any atom is 0.411 e. The third-order valence-electron chi connectivity index (χ3n) is 7.37. The largest absolute Gasteiger partial charge is 0.492 e. The van der Waals surface area contributed by atoms with E-state index in [0.29, 0.717) is 50.1 Å². The molecule has 0 aliphatic carbocycles. The van der Waals surface area contributed by atoms with Gasteiger partial charge >= 0.3 is 12.1 Å². The van der Waals surface area contributed by atoms with E-state index in [1.54, 1.807) is 25.0 Å². The molecule has 1 aliphatic heterocycles. The highest BCUT2D eigenvalue weighted by Gasteiger charge is 2.25. The van der Waals surface area contributed by atoms with Crippen LogP contribution >= 0.6 is 0 Å². The number of amides is 3. The molecule has 0 bridgehead atoms. The number of carbonyl (C=O) groups is 2. The highest BCUT2D eigenvalue weighted by Crippen LogP contribution is 2.32. The number of benzene rings is 2. The zero-order valence-electron chi connectivity index (χ0n) is 26.7. The minimum absolute atomic E-state index is 0.218. The van der Waals surface area contributed by atoms with Crippen molar-refractivity contribution >= 4 is 34.4 Å². The number of carbonyl (C=O) groups excluding carboxylic acids is 2. The first-order valence-corrected chi connectivity index (χ1v) is 15.0. The van der Waals surface area contributed by atoms with Gasteiger partial charge in [-0.3, -0.25) is 15.2 Å². The Morgan fingerprint density at radius 1 is 1.07 bits per heavy atom. The van der Waals surface area contributed by atoms with E-state index in [0.717, 1.165) is 27.8 Å². The molecule has 3 amide bonds. The first-order chi connectivity index (χ1) is 21.5. The van der Waals surface area contributed by atoms with E-state index < -0.39 is 18.4 Å². The second-order valence-corrected chi connectivity index (χ2v) is 12.2. The number of pyridine rings is 1. The lowest BCUT2D eigenvalue weighted by molar-refractivity contribution is -0.152. The molecular weight excluding hydrogens is 574 g/mol. The van der Waals surface area contributed by atoms with Crippen LogP contribution in [-0.2, 0) is 14.9 Å². The van der Waals surface area contributed by atoms with Crippen molar-refractivity contribution in [3.05, 3.63) is 72.2 Å². The van der Waals surface area contributed by atoms with Gasteiger partial charge in [0.25, 0.3) is 0 Å². The molecule has 3 heterocycles. The van der Waals surface area contributed by atoms with Crippen molar-refractivity contribution in [2.75, 3.05) is 57.6 Å². The van der Waals surface area contributed by atoms with Crippen molar-refractivity contribution in [2.24, 2.45) is 0 Å². The molecule has 1 fully saturated rings. The van der Waals surface area contributed by atoms with E-state index in [2.05, 4.69) is 41.3 Å². The minimum Gasteiger partial charge on any atom is -0.492 e. The number of morpholine rings is 1. The molecule has 1 aliphatic rings. The van der Waals surface area contributed by atoms with Crippen molar-refractivity contribution in [3.63, 3.8) is 0 Å². The summed E-state index contributed by atoms with van der Waals surface area (Å²) in [7, 11) is 3.27. The van der Waals surface area contributed by atoms with Gasteiger partial charge < -0.3 is 24.4 Å². The fourth-order valence-corrected chi connectivity index (χ4v) is 4.84. The average molecular weight is 616 g/mol. The maximum absolute atomic E-state index is 13.3. The lowest BCUT2D eigenvalue weighted by atomic mass is 9.92. The number of aromatic nitrogens is 3. The Bertz CT molecular complexity index is 1650. The van der Waals surface area contributed by atoms with Crippen LogP contribution in [0, 0.1) is 6.92 Å². The molecule has 2 aromatic heterocycles. The molecule has 1 saturated heterocycles. The molecule has 1 unspecified atom stereocenters. The summed E-state index contributed by atoms with van der Waals surface area (Å²) >= 11 is 0. The molecule has 1 atom stereocenters. The molecule has 0 saturated carbocycles. The van der Waals surface area contributed by atoms with Crippen LogP contribution in [0.3, 0.4) is 0 Å². The van der Waals surface area contributed by atoms with Gasteiger partial charge in [0, 0.05) is 55.1 Å². The van der Waals surface area contributed by atoms with Crippen molar-refractivity contribution in [3.8, 4) is 11.4 Å². The first-order valence-electron chi connectivity index (χ1n) is 15.0. The SMILES string of the molecule is Cc1ccc(-n2nc(C(C)(C)C)cc2NC(=O)Nc2ccc(OCCN3CCOC(OC(=O)N(C)C)C3)c3ccccc23)cn1. The second kappa shape index (κ2) is 13.5. The molecule has 12 nitrogen and oxygen atoms in total. The smallest absolute Gasteiger partial charge is 0.411 e. The topological polar surface area (TPSA) is 123 Å². The standard InChI is InChI=1S/C33H41N7O5/c1-22-11-12-23(20-34-22)40-29(19-28(37-40)33(2,3)4)36-31(41)35-26-13-14-27(25-10-8-7-9-24(25)26)43-17-15-39-16-18-44-30(21-39)45-32(42)38(5)6/h7-14,19-20,30H,15-18,21H2,1-6H3,(H2,35,36,41). The van der Waals surface area contributed by atoms with Gasteiger partial charge in [-0.25, -0.2) is 14.3 Å². The van der Waals surface area contributed by atoms with Crippen LogP contribution < -0.4 is 15.4 Å². The zero-order valence-corrected chi connectivity index (χ0v) is 26.7. The summed E-state index contributed by atoms with van der Waals surface area (Å²) in [4.78, 5) is 33.1. The molecule has 45 heavy (non-hydrogen) atoms. The molecule has 0 radical (unpaired) electrons. The number of ether oxygens (including phenoxy) is 3. The molecule has 5 rings (SSSR count). The summed E-state index contributed by atoms with van der Waals surface area (Å²) in [6.07, 6.45) is 0.690. The minimum atomic E-state index is -0.613. The predicted molar refractivity (Wildman–Crippen MR) is 173 cm³/mol. The summed E-state index contributed by atoms with van der Waals surface area (Å²) < 4.78 is 18.8. The Morgan fingerprint density at radius 3 is 2.56 bits per heavy atom. The molecule has 238 valence electrons. The van der Waals surface area contributed by atoms with Crippen LogP contribution in [0.15, 0.2) is 60.8 Å². The number of anilines is 2. The first kappa shape index (κ1) is 31.7. The lowest BCUT2D eigenvalue weighted by Crippen LogP contribution is -2.46. The molecule has 0 spiro atoms. The van der Waals surface area contributed by atoms with Gasteiger partial charge in [-0.1, -0.05) is 45.0 Å². The Morgan fingerprint density at radius 2 is 1.84 bits per heavy atom. The van der Waals surface area contributed by atoms with E-state index in [9.17, 15) is 9.59 Å². The van der Waals surface area contributed by atoms with Crippen LogP contribution in [0.5, 0.6) is 5.75 Å². The van der Waals surface area contributed by atoms with Crippen molar-refractivity contribution < 1.29 is 23.8 Å². The monoisotopic (exact) mass is 615 g/mol. The Balaban J connectivity index is 1.26. The number of rotatable bonds is 8. The third kappa shape index (κ3) is 7.89. The summed E-state index contributed by atoms with van der Waals surface area (Å²) in [5.74, 6) is 1.24. The predicted octanol–water partition coefficient (Wildman–Crippen LogP) is 5.41. The van der Waals surface area contributed by atoms with Gasteiger partial charge in [-0.05, 0) is 31.2 Å². The number of nitrogens with one attached hydrogen (secondary N) is 2. The maximum atomic E-state index is 13.3. The Kier molecular flexibility index (Phi) is 9.54. The Labute approximate surface area is 263 Å². The van der Waals surface area contributed by atoms with Crippen molar-refractivity contribution in [1.29, 1.82) is 0 Å². The zero-order chi connectivity index (χ0) is 32.1. The van der Waals surface area contributed by atoms with Crippen LogP contribution in [0.1, 0.15) is 32.2 Å². The normalized spacial score (nSPS) is 15.5. The average Bonchev–Trinajstić information content (AvgIpc) is 3.43. The van der Waals surface area contributed by atoms with Crippen LogP contribution in [0.4, 0.5) is 21.1 Å². The van der Waals surface area contributed by atoms with Gasteiger partial charge in [0.1, 0.15) is 18.2 Å². The summed E-state index contributed by atoms with van der Waals surface area (Å²) in [6.45, 7) is 10.9. The van der Waals surface area contributed by atoms with Gasteiger partial charge in [0.15, 0.2) is 0 Å².